The van der Waals surface area contributed by atoms with Crippen LogP contribution in [0.2, 0.25) is 0 Å². The van der Waals surface area contributed by atoms with Crippen LogP contribution in [0, 0.1) is 5.41 Å². The van der Waals surface area contributed by atoms with Gasteiger partial charge < -0.3 is 10.6 Å². The third kappa shape index (κ3) is 3.37. The number of piperidine rings is 1. The summed E-state index contributed by atoms with van der Waals surface area (Å²) in [6, 6.07) is 6.36. The maximum absolute atomic E-state index is 12.4. The molecule has 0 atom stereocenters. The second-order valence-electron chi connectivity index (χ2n) is 5.56. The molecule has 0 saturated carbocycles. The molecule has 0 aliphatic carbocycles. The molecule has 0 aromatic heterocycles. The maximum atomic E-state index is 12.4. The van der Waals surface area contributed by atoms with Crippen LogP contribution in [0.25, 0.3) is 0 Å². The molecule has 0 unspecified atom stereocenters. The lowest BCUT2D eigenvalue weighted by atomic mass is 9.80. The highest BCUT2D eigenvalue weighted by atomic mass is 32.2. The minimum atomic E-state index is -3.26. The van der Waals surface area contributed by atoms with E-state index in [0.717, 1.165) is 32.2 Å². The van der Waals surface area contributed by atoms with Gasteiger partial charge in [0.15, 0.2) is 9.84 Å². The molecule has 1 saturated heterocycles. The Morgan fingerprint density at radius 3 is 2.55 bits per heavy atom. The van der Waals surface area contributed by atoms with E-state index in [2.05, 4.69) is 10.6 Å². The van der Waals surface area contributed by atoms with E-state index >= 15 is 0 Å². The molecule has 1 aliphatic heterocycles. The molecule has 0 spiro atoms. The molecule has 20 heavy (non-hydrogen) atoms. The monoisotopic (exact) mass is 296 g/mol. The van der Waals surface area contributed by atoms with Crippen molar-refractivity contribution in [1.82, 2.24) is 5.32 Å². The third-order valence-electron chi connectivity index (χ3n) is 3.78. The van der Waals surface area contributed by atoms with Gasteiger partial charge in [-0.3, -0.25) is 4.79 Å². The van der Waals surface area contributed by atoms with Crippen LogP contribution in [0.5, 0.6) is 0 Å². The fourth-order valence-electron chi connectivity index (χ4n) is 2.29. The molecule has 1 aromatic rings. The molecular weight excluding hydrogens is 276 g/mol. The first-order valence-electron chi connectivity index (χ1n) is 6.64. The van der Waals surface area contributed by atoms with Crippen molar-refractivity contribution >= 4 is 21.4 Å². The first kappa shape index (κ1) is 15.0. The smallest absolute Gasteiger partial charge is 0.230 e. The summed E-state index contributed by atoms with van der Waals surface area (Å²) in [7, 11) is -3.26. The van der Waals surface area contributed by atoms with Gasteiger partial charge in [-0.1, -0.05) is 13.0 Å². The molecular formula is C14H20N2O3S. The summed E-state index contributed by atoms with van der Waals surface area (Å²) in [5, 5.41) is 6.06. The molecule has 1 heterocycles. The topological polar surface area (TPSA) is 75.3 Å². The van der Waals surface area contributed by atoms with Gasteiger partial charge in [-0.25, -0.2) is 8.42 Å². The number of hydrogen-bond donors (Lipinski definition) is 2. The maximum Gasteiger partial charge on any atom is 0.230 e. The zero-order valence-corrected chi connectivity index (χ0v) is 12.6. The van der Waals surface area contributed by atoms with Gasteiger partial charge in [0.2, 0.25) is 5.91 Å². The molecule has 1 aromatic carbocycles. The Kier molecular flexibility index (Phi) is 4.15. The van der Waals surface area contributed by atoms with Gasteiger partial charge in [-0.05, 0) is 44.1 Å². The van der Waals surface area contributed by atoms with Crippen molar-refractivity contribution in [3.8, 4) is 0 Å². The third-order valence-corrected chi connectivity index (χ3v) is 4.89. The molecule has 0 radical (unpaired) electrons. The molecule has 5 nitrogen and oxygen atoms in total. The zero-order valence-electron chi connectivity index (χ0n) is 11.8. The minimum Gasteiger partial charge on any atom is -0.326 e. The summed E-state index contributed by atoms with van der Waals surface area (Å²) < 4.78 is 23.0. The predicted molar refractivity (Wildman–Crippen MR) is 78.4 cm³/mol. The Balaban J connectivity index is 2.16. The highest BCUT2D eigenvalue weighted by molar-refractivity contribution is 7.90. The van der Waals surface area contributed by atoms with Crippen molar-refractivity contribution in [3.63, 3.8) is 0 Å². The first-order chi connectivity index (χ1) is 9.31. The van der Waals surface area contributed by atoms with E-state index < -0.39 is 15.3 Å². The number of hydrogen-bond acceptors (Lipinski definition) is 4. The van der Waals surface area contributed by atoms with Crippen LogP contribution >= 0.6 is 0 Å². The number of sulfone groups is 1. The molecule has 2 N–H and O–H groups in total. The molecule has 1 amide bonds. The Morgan fingerprint density at radius 1 is 1.30 bits per heavy atom. The van der Waals surface area contributed by atoms with E-state index in [1.54, 1.807) is 12.1 Å². The van der Waals surface area contributed by atoms with Crippen molar-refractivity contribution < 1.29 is 13.2 Å². The summed E-state index contributed by atoms with van der Waals surface area (Å²) in [5.41, 5.74) is 0.129. The quantitative estimate of drug-likeness (QED) is 0.884. The lowest BCUT2D eigenvalue weighted by molar-refractivity contribution is -0.126. The standard InChI is InChI=1S/C14H20N2O3S/c1-14(6-8-15-9-7-14)13(17)16-11-4-3-5-12(10-11)20(2,18)19/h3-5,10,15H,6-9H2,1-2H3,(H,16,17). The molecule has 110 valence electrons. The van der Waals surface area contributed by atoms with Crippen molar-refractivity contribution in [3.05, 3.63) is 24.3 Å². The first-order valence-corrected chi connectivity index (χ1v) is 8.53. The molecule has 6 heteroatoms. The van der Waals surface area contributed by atoms with Gasteiger partial charge >= 0.3 is 0 Å². The summed E-state index contributed by atoms with van der Waals surface area (Å²) in [6.07, 6.45) is 2.72. The average Bonchev–Trinajstić information content (AvgIpc) is 2.39. The number of rotatable bonds is 3. The predicted octanol–water partition coefficient (Wildman–Crippen LogP) is 1.42. The fourth-order valence-corrected chi connectivity index (χ4v) is 2.96. The largest absolute Gasteiger partial charge is 0.326 e. The Bertz CT molecular complexity index is 605. The Labute approximate surface area is 119 Å². The molecule has 1 fully saturated rings. The van der Waals surface area contributed by atoms with E-state index in [9.17, 15) is 13.2 Å². The van der Waals surface area contributed by atoms with Crippen LogP contribution in [0.4, 0.5) is 5.69 Å². The van der Waals surface area contributed by atoms with Crippen molar-refractivity contribution in [1.29, 1.82) is 0 Å². The summed E-state index contributed by atoms with van der Waals surface area (Å²) >= 11 is 0. The van der Waals surface area contributed by atoms with E-state index in [1.165, 1.54) is 12.1 Å². The highest BCUT2D eigenvalue weighted by Gasteiger charge is 2.34. The lowest BCUT2D eigenvalue weighted by Crippen LogP contribution is -2.42. The summed E-state index contributed by atoms with van der Waals surface area (Å²) in [4.78, 5) is 12.6. The molecule has 2 rings (SSSR count). The SMILES string of the molecule is CC1(C(=O)Nc2cccc(S(C)(=O)=O)c2)CCNCC1. The van der Waals surface area contributed by atoms with Gasteiger partial charge in [0.1, 0.15) is 0 Å². The van der Waals surface area contributed by atoms with Crippen LogP contribution in [-0.2, 0) is 14.6 Å². The van der Waals surface area contributed by atoms with E-state index in [0.29, 0.717) is 5.69 Å². The summed E-state index contributed by atoms with van der Waals surface area (Å²) in [6.45, 7) is 3.60. The van der Waals surface area contributed by atoms with Crippen molar-refractivity contribution in [2.45, 2.75) is 24.7 Å². The number of amides is 1. The van der Waals surface area contributed by atoms with Crippen molar-refractivity contribution in [2.75, 3.05) is 24.7 Å². The zero-order chi connectivity index (χ0) is 14.8. The number of anilines is 1. The van der Waals surface area contributed by atoms with E-state index in [-0.39, 0.29) is 10.8 Å². The van der Waals surface area contributed by atoms with Crippen molar-refractivity contribution in [2.24, 2.45) is 5.41 Å². The second kappa shape index (κ2) is 5.54. The fraction of sp³-hybridized carbons (Fsp3) is 0.500. The molecule has 0 bridgehead atoms. The number of benzene rings is 1. The Hall–Kier alpha value is -1.40. The number of nitrogens with one attached hydrogen (secondary N) is 2. The van der Waals surface area contributed by atoms with Gasteiger partial charge in [0, 0.05) is 17.4 Å². The number of carbonyl (C=O) groups is 1. The normalized spacial score (nSPS) is 18.5. The van der Waals surface area contributed by atoms with Crippen LogP contribution in [0.1, 0.15) is 19.8 Å². The van der Waals surface area contributed by atoms with E-state index in [4.69, 9.17) is 0 Å². The van der Waals surface area contributed by atoms with Crippen LogP contribution in [0.3, 0.4) is 0 Å². The van der Waals surface area contributed by atoms with Gasteiger partial charge in [-0.15, -0.1) is 0 Å². The van der Waals surface area contributed by atoms with Crippen LogP contribution < -0.4 is 10.6 Å². The van der Waals surface area contributed by atoms with Gasteiger partial charge in [0.05, 0.1) is 4.90 Å². The Morgan fingerprint density at radius 2 is 1.95 bits per heavy atom. The average molecular weight is 296 g/mol. The van der Waals surface area contributed by atoms with Gasteiger partial charge in [-0.2, -0.15) is 0 Å². The van der Waals surface area contributed by atoms with Crippen LogP contribution in [0.15, 0.2) is 29.2 Å². The van der Waals surface area contributed by atoms with E-state index in [1.807, 2.05) is 6.92 Å². The van der Waals surface area contributed by atoms with Crippen LogP contribution in [-0.4, -0.2) is 33.7 Å². The number of carbonyl (C=O) groups excluding carboxylic acids is 1. The molecule has 1 aliphatic rings. The lowest BCUT2D eigenvalue weighted by Gasteiger charge is -2.32. The summed E-state index contributed by atoms with van der Waals surface area (Å²) in [5.74, 6) is -0.0512. The second-order valence-corrected chi connectivity index (χ2v) is 7.58. The van der Waals surface area contributed by atoms with Gasteiger partial charge in [0.25, 0.3) is 0 Å². The minimum absolute atomic E-state index is 0.0512. The highest BCUT2D eigenvalue weighted by Crippen LogP contribution is 2.29.